The Morgan fingerprint density at radius 3 is 2.40 bits per heavy atom. The third-order valence-corrected chi connectivity index (χ3v) is 2.43. The average molecular weight is 522 g/mol. The molecule has 1 aromatic carbocycles. The minimum atomic E-state index is 0.838. The van der Waals surface area contributed by atoms with Gasteiger partial charge < -0.3 is 0 Å². The molecule has 0 amide bonds. The number of fused-ring (bicyclic) bond motifs is 1. The summed E-state index contributed by atoms with van der Waals surface area (Å²) in [5.74, 6) is 0. The fourth-order valence-corrected chi connectivity index (χ4v) is 1.81. The molecule has 0 radical (unpaired) electrons. The number of aromatic nitrogens is 2. The van der Waals surface area contributed by atoms with Crippen molar-refractivity contribution in [3.8, 4) is 0 Å². The van der Waals surface area contributed by atoms with E-state index >= 15 is 0 Å². The van der Waals surface area contributed by atoms with Gasteiger partial charge in [-0.3, -0.25) is 0 Å². The number of hydrogen-bond acceptors (Lipinski definition) is 0. The molecule has 2 nitrogen and oxygen atoms in total. The fourth-order valence-electron chi connectivity index (χ4n) is 1.81. The van der Waals surface area contributed by atoms with E-state index in [-0.39, 0.29) is 0 Å². The molecule has 7 heteroatoms. The van der Waals surface area contributed by atoms with Gasteiger partial charge >= 0.3 is 64.8 Å². The van der Waals surface area contributed by atoms with Gasteiger partial charge in [0.1, 0.15) is 13.1 Å². The molecule has 0 unspecified atom stereocenters. The van der Waals surface area contributed by atoms with Crippen molar-refractivity contribution in [1.82, 2.24) is 4.57 Å². The Balaban J connectivity index is 0.000000641. The van der Waals surface area contributed by atoms with Crippen molar-refractivity contribution in [2.45, 2.75) is 13.1 Å². The zero-order valence-electron chi connectivity index (χ0n) is 10.5. The number of benzene rings is 1. The van der Waals surface area contributed by atoms with E-state index in [0.29, 0.717) is 0 Å². The normalized spacial score (nSPS) is 9.25. The molecule has 2 rings (SSSR count). The number of rotatable bonds is 4. The van der Waals surface area contributed by atoms with Crippen LogP contribution in [0.1, 0.15) is 0 Å². The predicted molar refractivity (Wildman–Crippen MR) is 86.2 cm³/mol. The Hall–Kier alpha value is 0.459. The summed E-state index contributed by atoms with van der Waals surface area (Å²) in [7, 11) is 4.20. The van der Waals surface area contributed by atoms with Crippen molar-refractivity contribution >= 4 is 49.4 Å². The maximum atomic E-state index is 4.20. The van der Waals surface area contributed by atoms with E-state index in [1.807, 2.05) is 12.2 Å². The standard InChI is InChI=1S/C13H15N2.2BrH.ClH.2Cu/c1-3-9-14-11-15(10-4-2)13-8-6-5-7-12(13)14;;;;;/h3-8,11H,1-2,9-10H2;3*1H;;/q+1;;;;2*+1/p-3. The van der Waals surface area contributed by atoms with E-state index in [0.717, 1.165) is 13.1 Å². The zero-order valence-corrected chi connectivity index (χ0v) is 16.3. The summed E-state index contributed by atoms with van der Waals surface area (Å²) in [6.07, 6.45) is 5.92. The first-order valence-corrected chi connectivity index (χ1v) is 11.3. The van der Waals surface area contributed by atoms with Gasteiger partial charge in [-0.1, -0.05) is 37.4 Å². The number of hydrogen-bond donors (Lipinski definition) is 0. The molecule has 1 aromatic heterocycles. The first-order chi connectivity index (χ1) is 9.78. The Morgan fingerprint density at radius 1 is 1.25 bits per heavy atom. The summed E-state index contributed by atoms with van der Waals surface area (Å²) < 4.78 is 4.37. The molecule has 0 atom stereocenters. The second-order valence-electron chi connectivity index (χ2n) is 3.53. The monoisotopic (exact) mass is 518 g/mol. The van der Waals surface area contributed by atoms with Crippen LogP contribution in [0.15, 0.2) is 55.9 Å². The average Bonchev–Trinajstić information content (AvgIpc) is 2.82. The summed E-state index contributed by atoms with van der Waals surface area (Å²) in [5, 5.41) is 0. The second-order valence-corrected chi connectivity index (χ2v) is 8.28. The molecular weight excluding hydrogens is 507 g/mol. The number of imidazole rings is 1. The summed E-state index contributed by atoms with van der Waals surface area (Å²) in [6, 6.07) is 8.36. The van der Waals surface area contributed by atoms with Crippen LogP contribution in [0.3, 0.4) is 0 Å². The van der Waals surface area contributed by atoms with Crippen LogP contribution in [0.2, 0.25) is 0 Å². The molecule has 0 bridgehead atoms. The van der Waals surface area contributed by atoms with Crippen molar-refractivity contribution in [3.05, 3.63) is 55.9 Å². The van der Waals surface area contributed by atoms with E-state index in [2.05, 4.69) is 106 Å². The fraction of sp³-hybridized carbons (Fsp3) is 0.154. The maximum absolute atomic E-state index is 4.20. The van der Waals surface area contributed by atoms with Gasteiger partial charge in [-0.25, -0.2) is 9.13 Å². The Morgan fingerprint density at radius 2 is 1.85 bits per heavy atom. The molecule has 0 spiro atoms. The van der Waals surface area contributed by atoms with Crippen LogP contribution in [0, 0.1) is 0 Å². The van der Waals surface area contributed by atoms with Crippen LogP contribution < -0.4 is 4.57 Å². The molecule has 0 aliphatic rings. The third-order valence-electron chi connectivity index (χ3n) is 2.43. The van der Waals surface area contributed by atoms with E-state index in [9.17, 15) is 0 Å². The first kappa shape index (κ1) is 20.5. The van der Waals surface area contributed by atoms with Crippen LogP contribution in [0.25, 0.3) is 11.0 Å². The molecule has 0 saturated carbocycles. The molecule has 0 fully saturated rings. The van der Waals surface area contributed by atoms with Gasteiger partial charge in [-0.05, 0) is 12.1 Å². The van der Waals surface area contributed by atoms with E-state index in [4.69, 9.17) is 0 Å². The summed E-state index contributed by atoms with van der Waals surface area (Å²) in [5.41, 5.74) is 2.47. The Kier molecular flexibility index (Phi) is 13.4. The Labute approximate surface area is 152 Å². The second kappa shape index (κ2) is 13.1. The molecule has 120 valence electrons. The molecule has 1 heterocycles. The summed E-state index contributed by atoms with van der Waals surface area (Å²) in [6.45, 7) is 9.21. The molecular formula is C13H15Br2ClCu2N2. The van der Waals surface area contributed by atoms with Gasteiger partial charge in [0.2, 0.25) is 6.33 Å². The molecule has 0 N–H and O–H groups in total. The predicted octanol–water partition coefficient (Wildman–Crippen LogP) is 4.68. The van der Waals surface area contributed by atoms with Crippen molar-refractivity contribution in [2.24, 2.45) is 0 Å². The number of nitrogens with zero attached hydrogens (tertiary/aromatic N) is 2. The zero-order chi connectivity index (χ0) is 15.4. The van der Waals surface area contributed by atoms with E-state index < -0.39 is 0 Å². The first-order valence-electron chi connectivity index (χ1n) is 5.40. The number of allylic oxidation sites excluding steroid dienone is 2. The van der Waals surface area contributed by atoms with Gasteiger partial charge in [0.05, 0.1) is 0 Å². The minimum absolute atomic E-state index is 0.838. The molecule has 0 saturated heterocycles. The summed E-state index contributed by atoms with van der Waals surface area (Å²) >= 11 is 11.0. The van der Waals surface area contributed by atoms with Crippen molar-refractivity contribution in [1.29, 1.82) is 0 Å². The van der Waals surface area contributed by atoms with E-state index in [1.54, 1.807) is 0 Å². The van der Waals surface area contributed by atoms with Gasteiger partial charge in [0, 0.05) is 0 Å². The van der Waals surface area contributed by atoms with Gasteiger partial charge in [-0.15, -0.1) is 0 Å². The number of para-hydroxylation sites is 2. The summed E-state index contributed by atoms with van der Waals surface area (Å²) in [4.78, 5) is 0. The van der Waals surface area contributed by atoms with Crippen molar-refractivity contribution in [2.75, 3.05) is 0 Å². The Bertz CT molecular complexity index is 488. The van der Waals surface area contributed by atoms with Crippen LogP contribution in [0.5, 0.6) is 0 Å². The van der Waals surface area contributed by atoms with Crippen LogP contribution in [-0.4, -0.2) is 4.57 Å². The van der Waals surface area contributed by atoms with E-state index in [1.165, 1.54) is 22.4 Å². The SMILES string of the molecule is C=CCn1c[n+](CC=C)c2ccccc21.[Br][Cu-][Br].[Cl][Cu]. The van der Waals surface area contributed by atoms with Crippen LogP contribution in [-0.2, 0) is 39.5 Å². The molecule has 2 aromatic rings. The molecule has 0 aliphatic carbocycles. The quantitative estimate of drug-likeness (QED) is 0.314. The van der Waals surface area contributed by atoms with Crippen molar-refractivity contribution < 1.29 is 31.0 Å². The van der Waals surface area contributed by atoms with Gasteiger partial charge in [-0.2, -0.15) is 0 Å². The molecule has 20 heavy (non-hydrogen) atoms. The van der Waals surface area contributed by atoms with Gasteiger partial charge in [0.25, 0.3) is 0 Å². The third kappa shape index (κ3) is 6.48. The van der Waals surface area contributed by atoms with Crippen LogP contribution in [0.4, 0.5) is 0 Å². The topological polar surface area (TPSA) is 8.81 Å². The van der Waals surface area contributed by atoms with Crippen molar-refractivity contribution in [3.63, 3.8) is 0 Å². The van der Waals surface area contributed by atoms with Gasteiger partial charge in [0.15, 0.2) is 11.0 Å². The number of halogens is 3. The molecule has 0 aliphatic heterocycles. The van der Waals surface area contributed by atoms with Crippen LogP contribution >= 0.6 is 38.3 Å².